The van der Waals surface area contributed by atoms with Gasteiger partial charge in [0.05, 0.1) is 12.6 Å². The van der Waals surface area contributed by atoms with Crippen molar-refractivity contribution in [1.29, 1.82) is 0 Å². The summed E-state index contributed by atoms with van der Waals surface area (Å²) in [6.07, 6.45) is 2.60. The highest BCUT2D eigenvalue weighted by molar-refractivity contribution is 7.89. The Morgan fingerprint density at radius 1 is 1.40 bits per heavy atom. The molecule has 1 aliphatic rings. The van der Waals surface area contributed by atoms with Crippen LogP contribution in [0.2, 0.25) is 0 Å². The lowest BCUT2D eigenvalue weighted by molar-refractivity contribution is 0.0235. The normalized spacial score (nSPS) is 22.7. The molecule has 0 amide bonds. The summed E-state index contributed by atoms with van der Waals surface area (Å²) in [4.78, 5) is 0. The molecule has 0 aromatic carbocycles. The number of hydrogen-bond acceptors (Lipinski definition) is 5. The highest BCUT2D eigenvalue weighted by Crippen LogP contribution is 2.25. The SMILES string of the molecule is CCCNCc1ccc(S(=O)(=O)NC2CC(OC)C2)o1. The monoisotopic (exact) mass is 302 g/mol. The van der Waals surface area contributed by atoms with Gasteiger partial charge in [-0.1, -0.05) is 6.92 Å². The van der Waals surface area contributed by atoms with E-state index in [9.17, 15) is 8.42 Å². The third-order valence-corrected chi connectivity index (χ3v) is 4.77. The average Bonchev–Trinajstić information content (AvgIpc) is 2.83. The quantitative estimate of drug-likeness (QED) is 0.706. The Labute approximate surface area is 119 Å². The summed E-state index contributed by atoms with van der Waals surface area (Å²) in [5, 5.41) is 3.15. The molecule has 1 fully saturated rings. The van der Waals surface area contributed by atoms with E-state index < -0.39 is 10.0 Å². The molecular weight excluding hydrogens is 280 g/mol. The van der Waals surface area contributed by atoms with E-state index in [2.05, 4.69) is 17.0 Å². The number of ether oxygens (including phenoxy) is 1. The maximum absolute atomic E-state index is 12.1. The maximum Gasteiger partial charge on any atom is 0.274 e. The molecule has 0 saturated heterocycles. The van der Waals surface area contributed by atoms with Gasteiger partial charge in [-0.05, 0) is 37.9 Å². The van der Waals surface area contributed by atoms with Crippen molar-refractivity contribution in [3.8, 4) is 0 Å². The summed E-state index contributed by atoms with van der Waals surface area (Å²) < 4.78 is 37.3. The van der Waals surface area contributed by atoms with Crippen LogP contribution in [-0.4, -0.2) is 34.2 Å². The van der Waals surface area contributed by atoms with Crippen LogP contribution in [0.4, 0.5) is 0 Å². The maximum atomic E-state index is 12.1. The van der Waals surface area contributed by atoms with Crippen LogP contribution >= 0.6 is 0 Å². The van der Waals surface area contributed by atoms with Crippen molar-refractivity contribution in [2.24, 2.45) is 0 Å². The van der Waals surface area contributed by atoms with E-state index in [1.54, 1.807) is 13.2 Å². The summed E-state index contributed by atoms with van der Waals surface area (Å²) in [5.41, 5.74) is 0. The van der Waals surface area contributed by atoms with Crippen LogP contribution < -0.4 is 10.0 Å². The first-order valence-electron chi connectivity index (χ1n) is 6.89. The van der Waals surface area contributed by atoms with Crippen molar-refractivity contribution < 1.29 is 17.6 Å². The number of furan rings is 1. The van der Waals surface area contributed by atoms with Gasteiger partial charge in [0.1, 0.15) is 5.76 Å². The Kier molecular flexibility index (Phi) is 5.20. The second-order valence-electron chi connectivity index (χ2n) is 5.04. The Hall–Kier alpha value is -0.890. The van der Waals surface area contributed by atoms with E-state index >= 15 is 0 Å². The van der Waals surface area contributed by atoms with Gasteiger partial charge in [0.2, 0.25) is 5.09 Å². The first-order chi connectivity index (χ1) is 9.55. The molecule has 0 spiro atoms. The molecule has 6 nitrogen and oxygen atoms in total. The first-order valence-corrected chi connectivity index (χ1v) is 8.38. The Morgan fingerprint density at radius 2 is 2.15 bits per heavy atom. The zero-order valence-electron chi connectivity index (χ0n) is 11.9. The second kappa shape index (κ2) is 6.71. The molecule has 0 atom stereocenters. The molecule has 2 rings (SSSR count). The topological polar surface area (TPSA) is 80.6 Å². The molecule has 7 heteroatoms. The molecule has 1 aliphatic carbocycles. The highest BCUT2D eigenvalue weighted by atomic mass is 32.2. The minimum Gasteiger partial charge on any atom is -0.447 e. The van der Waals surface area contributed by atoms with Gasteiger partial charge in [-0.2, -0.15) is 0 Å². The van der Waals surface area contributed by atoms with Crippen LogP contribution in [0.15, 0.2) is 21.6 Å². The third kappa shape index (κ3) is 3.82. The molecule has 1 aromatic rings. The molecule has 0 unspecified atom stereocenters. The van der Waals surface area contributed by atoms with E-state index in [-0.39, 0.29) is 17.2 Å². The summed E-state index contributed by atoms with van der Waals surface area (Å²) in [6, 6.07) is 3.13. The molecule has 114 valence electrons. The van der Waals surface area contributed by atoms with E-state index in [0.29, 0.717) is 25.1 Å². The summed E-state index contributed by atoms with van der Waals surface area (Å²) in [5.74, 6) is 0.627. The van der Waals surface area contributed by atoms with Crippen molar-refractivity contribution in [1.82, 2.24) is 10.0 Å². The Bertz CT molecular complexity index is 520. The smallest absolute Gasteiger partial charge is 0.274 e. The number of nitrogens with one attached hydrogen (secondary N) is 2. The Morgan fingerprint density at radius 3 is 2.80 bits per heavy atom. The van der Waals surface area contributed by atoms with Crippen molar-refractivity contribution in [2.45, 2.75) is 50.0 Å². The molecule has 20 heavy (non-hydrogen) atoms. The number of methoxy groups -OCH3 is 1. The van der Waals surface area contributed by atoms with Gasteiger partial charge in [-0.3, -0.25) is 0 Å². The van der Waals surface area contributed by atoms with Crippen LogP contribution in [0.1, 0.15) is 31.9 Å². The lowest BCUT2D eigenvalue weighted by Crippen LogP contribution is -2.47. The fourth-order valence-electron chi connectivity index (χ4n) is 2.12. The largest absolute Gasteiger partial charge is 0.447 e. The van der Waals surface area contributed by atoms with Crippen molar-refractivity contribution >= 4 is 10.0 Å². The van der Waals surface area contributed by atoms with Crippen molar-refractivity contribution in [3.05, 3.63) is 17.9 Å². The van der Waals surface area contributed by atoms with E-state index in [0.717, 1.165) is 13.0 Å². The molecule has 1 heterocycles. The fraction of sp³-hybridized carbons (Fsp3) is 0.692. The lowest BCUT2D eigenvalue weighted by atomic mass is 9.90. The third-order valence-electron chi connectivity index (χ3n) is 3.38. The van der Waals surface area contributed by atoms with Gasteiger partial charge in [0.25, 0.3) is 10.0 Å². The fourth-order valence-corrected chi connectivity index (χ4v) is 3.33. The minimum absolute atomic E-state index is 0.0216. The van der Waals surface area contributed by atoms with Crippen LogP contribution in [0, 0.1) is 0 Å². The van der Waals surface area contributed by atoms with Crippen LogP contribution in [0.3, 0.4) is 0 Å². The van der Waals surface area contributed by atoms with Gasteiger partial charge < -0.3 is 14.5 Å². The van der Waals surface area contributed by atoms with Gasteiger partial charge in [0.15, 0.2) is 0 Å². The minimum atomic E-state index is -3.56. The van der Waals surface area contributed by atoms with Gasteiger partial charge in [-0.25, -0.2) is 13.1 Å². The first kappa shape index (κ1) is 15.5. The van der Waals surface area contributed by atoms with Crippen LogP contribution in [0.25, 0.3) is 0 Å². The van der Waals surface area contributed by atoms with E-state index in [1.165, 1.54) is 6.07 Å². The van der Waals surface area contributed by atoms with Crippen LogP contribution in [0.5, 0.6) is 0 Å². The van der Waals surface area contributed by atoms with Gasteiger partial charge >= 0.3 is 0 Å². The number of rotatable bonds is 8. The standard InChI is InChI=1S/C13H22N2O4S/c1-3-6-14-9-11-4-5-13(19-11)20(16,17)15-10-7-12(8-10)18-2/h4-5,10,12,14-15H,3,6-9H2,1-2H3. The summed E-state index contributed by atoms with van der Waals surface area (Å²) in [7, 11) is -1.93. The van der Waals surface area contributed by atoms with Gasteiger partial charge in [0, 0.05) is 13.2 Å². The molecule has 1 aromatic heterocycles. The van der Waals surface area contributed by atoms with Crippen molar-refractivity contribution in [3.63, 3.8) is 0 Å². The zero-order valence-corrected chi connectivity index (χ0v) is 12.7. The predicted octanol–water partition coefficient (Wildman–Crippen LogP) is 1.23. The summed E-state index contributed by atoms with van der Waals surface area (Å²) in [6.45, 7) is 3.49. The number of hydrogen-bond donors (Lipinski definition) is 2. The number of sulfonamides is 1. The van der Waals surface area contributed by atoms with Crippen molar-refractivity contribution in [2.75, 3.05) is 13.7 Å². The van der Waals surface area contributed by atoms with E-state index in [1.807, 2.05) is 0 Å². The predicted molar refractivity (Wildman–Crippen MR) is 74.8 cm³/mol. The molecule has 0 radical (unpaired) electrons. The van der Waals surface area contributed by atoms with Gasteiger partial charge in [-0.15, -0.1) is 0 Å². The molecular formula is C13H22N2O4S. The Balaban J connectivity index is 1.89. The molecule has 1 saturated carbocycles. The lowest BCUT2D eigenvalue weighted by Gasteiger charge is -2.33. The average molecular weight is 302 g/mol. The molecule has 0 bridgehead atoms. The second-order valence-corrected chi connectivity index (χ2v) is 6.69. The summed E-state index contributed by atoms with van der Waals surface area (Å²) >= 11 is 0. The van der Waals surface area contributed by atoms with Crippen LogP contribution in [-0.2, 0) is 21.3 Å². The highest BCUT2D eigenvalue weighted by Gasteiger charge is 2.33. The zero-order chi connectivity index (χ0) is 14.6. The molecule has 2 N–H and O–H groups in total. The molecule has 0 aliphatic heterocycles. The van der Waals surface area contributed by atoms with E-state index in [4.69, 9.17) is 9.15 Å².